The van der Waals surface area contributed by atoms with Gasteiger partial charge < -0.3 is 14.7 Å². The molecule has 0 heterocycles. The van der Waals surface area contributed by atoms with Crippen LogP contribution in [-0.4, -0.2) is 14.7 Å². The molecule has 3 N–H and O–H groups in total. The van der Waals surface area contributed by atoms with Gasteiger partial charge in [-0.15, -0.1) is 0 Å². The van der Waals surface area contributed by atoms with Gasteiger partial charge in [0.25, 0.3) is 0 Å². The van der Waals surface area contributed by atoms with Gasteiger partial charge in [-0.2, -0.15) is 0 Å². The van der Waals surface area contributed by atoms with E-state index in [1.165, 1.54) is 36.5 Å². The predicted molar refractivity (Wildman–Crippen MR) is 53.7 cm³/mol. The Morgan fingerprint density at radius 3 is 1.50 bits per heavy atom. The summed E-state index contributed by atoms with van der Waals surface area (Å²) in [7, 11) is -4.64. The van der Waals surface area contributed by atoms with E-state index in [4.69, 9.17) is 19.2 Å². The standard InChI is InChI=1S/2C4H9.Ni.H3O4P/c2*1-3-4-2;;1-5(2,3)4/h2*1,3-4H2,2H3;;(H3,1,2,3,4). The van der Waals surface area contributed by atoms with Gasteiger partial charge in [0.2, 0.25) is 0 Å². The van der Waals surface area contributed by atoms with E-state index in [0.29, 0.717) is 0 Å². The maximum Gasteiger partial charge on any atom is 0.466 e. The Kier molecular flexibility index (Phi) is 14.2. The molecule has 0 spiro atoms. The first-order valence-electron chi connectivity index (χ1n) is 4.64. The molecule has 0 saturated carbocycles. The Labute approximate surface area is 92.2 Å². The van der Waals surface area contributed by atoms with Gasteiger partial charge in [-0.3, -0.25) is 0 Å². The summed E-state index contributed by atoms with van der Waals surface area (Å²) in [5.74, 6) is 0. The minimum Gasteiger partial charge on any atom is -0.303 e. The summed E-state index contributed by atoms with van der Waals surface area (Å²) in [6.45, 7) is 4.51. The number of phosphoric acid groups is 1. The zero-order valence-electron chi connectivity index (χ0n) is 8.76. The van der Waals surface area contributed by atoms with Crippen molar-refractivity contribution < 1.29 is 33.7 Å². The molecule has 0 aliphatic heterocycles. The SMILES string of the molecule is CCC[CH2][Ni][CH2]CCC.O=P(O)(O)O. The van der Waals surface area contributed by atoms with E-state index in [1.54, 1.807) is 0 Å². The van der Waals surface area contributed by atoms with Crippen LogP contribution in [0.25, 0.3) is 0 Å². The molecule has 14 heavy (non-hydrogen) atoms. The number of hydrogen-bond donors (Lipinski definition) is 3. The van der Waals surface area contributed by atoms with Crippen molar-refractivity contribution in [3.05, 3.63) is 0 Å². The quantitative estimate of drug-likeness (QED) is 0.394. The molecule has 0 unspecified atom stereocenters. The Balaban J connectivity index is 0. The monoisotopic (exact) mass is 270 g/mol. The van der Waals surface area contributed by atoms with Gasteiger partial charge in [-0.1, -0.05) is 0 Å². The molecule has 0 aromatic rings. The van der Waals surface area contributed by atoms with E-state index in [0.717, 1.165) is 0 Å². The van der Waals surface area contributed by atoms with Crippen LogP contribution < -0.4 is 0 Å². The summed E-state index contributed by atoms with van der Waals surface area (Å²) in [6, 6.07) is 0. The summed E-state index contributed by atoms with van der Waals surface area (Å²) in [5, 5.41) is 2.78. The second-order valence-corrected chi connectivity index (χ2v) is 5.20. The van der Waals surface area contributed by atoms with E-state index in [9.17, 15) is 0 Å². The van der Waals surface area contributed by atoms with Crippen LogP contribution in [0.15, 0.2) is 0 Å². The number of hydrogen-bond acceptors (Lipinski definition) is 1. The molecule has 0 saturated heterocycles. The first kappa shape index (κ1) is 17.0. The minimum atomic E-state index is -4.64. The number of rotatable bonds is 6. The fraction of sp³-hybridized carbons (Fsp3) is 1.00. The topological polar surface area (TPSA) is 77.8 Å². The molecule has 0 aromatic carbocycles. The van der Waals surface area contributed by atoms with Crippen LogP contribution in [0.1, 0.15) is 39.5 Å². The molecule has 0 amide bonds. The molecule has 0 atom stereocenters. The van der Waals surface area contributed by atoms with Crippen molar-refractivity contribution in [2.75, 3.05) is 0 Å². The van der Waals surface area contributed by atoms with Gasteiger partial charge in [0.15, 0.2) is 0 Å². The van der Waals surface area contributed by atoms with Gasteiger partial charge in [-0.25, -0.2) is 4.57 Å². The van der Waals surface area contributed by atoms with E-state index in [-0.39, 0.29) is 0 Å². The molecule has 92 valence electrons. The van der Waals surface area contributed by atoms with Crippen LogP contribution in [0.2, 0.25) is 10.8 Å². The minimum absolute atomic E-state index is 1.35. The van der Waals surface area contributed by atoms with Crippen molar-refractivity contribution in [2.24, 2.45) is 0 Å². The molecule has 0 radical (unpaired) electrons. The molecule has 4 nitrogen and oxygen atoms in total. The molecule has 0 fully saturated rings. The van der Waals surface area contributed by atoms with Crippen LogP contribution in [0, 0.1) is 0 Å². The molecular formula is C8H21NiO4P. The molecule has 6 heteroatoms. The summed E-state index contributed by atoms with van der Waals surface area (Å²) < 4.78 is 8.88. The maximum absolute atomic E-state index is 8.88. The van der Waals surface area contributed by atoms with Gasteiger partial charge >= 0.3 is 72.6 Å². The van der Waals surface area contributed by atoms with Gasteiger partial charge in [0.05, 0.1) is 0 Å². The smallest absolute Gasteiger partial charge is 0.303 e. The van der Waals surface area contributed by atoms with Crippen LogP contribution in [0.3, 0.4) is 0 Å². The molecule has 0 aliphatic carbocycles. The van der Waals surface area contributed by atoms with E-state index >= 15 is 0 Å². The maximum atomic E-state index is 8.88. The van der Waals surface area contributed by atoms with Crippen LogP contribution in [0.5, 0.6) is 0 Å². The van der Waals surface area contributed by atoms with Gasteiger partial charge in [0.1, 0.15) is 0 Å². The molecule has 0 rings (SSSR count). The summed E-state index contributed by atoms with van der Waals surface area (Å²) in [6.07, 6.45) is 5.52. The summed E-state index contributed by atoms with van der Waals surface area (Å²) in [4.78, 5) is 21.6. The largest absolute Gasteiger partial charge is 0.466 e. The summed E-state index contributed by atoms with van der Waals surface area (Å²) >= 11 is 1.94. The van der Waals surface area contributed by atoms with E-state index < -0.39 is 7.82 Å². The van der Waals surface area contributed by atoms with Crippen molar-refractivity contribution in [2.45, 2.75) is 50.3 Å². The Morgan fingerprint density at radius 1 is 1.00 bits per heavy atom. The normalized spacial score (nSPS) is 10.9. The predicted octanol–water partition coefficient (Wildman–Crippen LogP) is 2.58. The fourth-order valence-corrected chi connectivity index (χ4v) is 1.90. The zero-order valence-corrected chi connectivity index (χ0v) is 10.6. The van der Waals surface area contributed by atoms with Gasteiger partial charge in [0, 0.05) is 0 Å². The van der Waals surface area contributed by atoms with Crippen molar-refractivity contribution in [3.63, 3.8) is 0 Å². The summed E-state index contributed by atoms with van der Waals surface area (Å²) in [5.41, 5.74) is 0. The van der Waals surface area contributed by atoms with Crippen molar-refractivity contribution in [3.8, 4) is 0 Å². The van der Waals surface area contributed by atoms with Crippen LogP contribution in [-0.2, 0) is 19.0 Å². The van der Waals surface area contributed by atoms with Crippen molar-refractivity contribution in [1.29, 1.82) is 0 Å². The third-order valence-electron chi connectivity index (χ3n) is 1.15. The third-order valence-corrected chi connectivity index (χ3v) is 2.55. The first-order valence-corrected chi connectivity index (χ1v) is 7.61. The zero-order chi connectivity index (χ0) is 11.4. The van der Waals surface area contributed by atoms with Crippen molar-refractivity contribution in [1.82, 2.24) is 0 Å². The van der Waals surface area contributed by atoms with Crippen LogP contribution in [0.4, 0.5) is 0 Å². The van der Waals surface area contributed by atoms with Crippen molar-refractivity contribution >= 4 is 7.82 Å². The second-order valence-electron chi connectivity index (χ2n) is 2.69. The molecule has 0 bridgehead atoms. The number of unbranched alkanes of at least 4 members (excludes halogenated alkanes) is 2. The molecule has 0 aliphatic rings. The first-order chi connectivity index (χ1) is 6.41. The fourth-order valence-electron chi connectivity index (χ4n) is 0.461. The second kappa shape index (κ2) is 11.7. The Morgan fingerprint density at radius 2 is 1.29 bits per heavy atom. The Bertz CT molecular complexity index is 134. The average Bonchev–Trinajstić information content (AvgIpc) is 2.01. The molecule has 0 aromatic heterocycles. The average molecular weight is 271 g/mol. The van der Waals surface area contributed by atoms with Gasteiger partial charge in [-0.05, 0) is 0 Å². The Hall–Kier alpha value is 0.604. The van der Waals surface area contributed by atoms with E-state index in [1.807, 2.05) is 14.4 Å². The van der Waals surface area contributed by atoms with Crippen LogP contribution >= 0.6 is 7.82 Å². The molecular weight excluding hydrogens is 250 g/mol. The van der Waals surface area contributed by atoms with E-state index in [2.05, 4.69) is 13.8 Å². The third kappa shape index (κ3) is 38.9.